The summed E-state index contributed by atoms with van der Waals surface area (Å²) in [6, 6.07) is -0.296. The molecular formula is C13H22N2O5S. The lowest BCUT2D eigenvalue weighted by Crippen LogP contribution is -2.52. The van der Waals surface area contributed by atoms with Gasteiger partial charge in [-0.05, 0) is 26.2 Å². The zero-order valence-electron chi connectivity index (χ0n) is 12.2. The Hall–Kier alpha value is -1.31. The third-order valence-electron chi connectivity index (χ3n) is 4.30. The van der Waals surface area contributed by atoms with E-state index in [0.717, 1.165) is 0 Å². The van der Waals surface area contributed by atoms with Gasteiger partial charge in [-0.3, -0.25) is 4.79 Å². The Labute approximate surface area is 124 Å². The molecule has 0 saturated carbocycles. The average Bonchev–Trinajstić information content (AvgIpc) is 2.58. The smallest absolute Gasteiger partial charge is 0.320 e. The minimum atomic E-state index is -3.04. The Morgan fingerprint density at radius 2 is 1.86 bits per heavy atom. The zero-order chi connectivity index (χ0) is 15.6. The van der Waals surface area contributed by atoms with Crippen LogP contribution in [-0.4, -0.2) is 72.5 Å². The lowest BCUT2D eigenvalue weighted by Gasteiger charge is -2.39. The van der Waals surface area contributed by atoms with E-state index in [4.69, 9.17) is 5.11 Å². The molecule has 7 nitrogen and oxygen atoms in total. The van der Waals surface area contributed by atoms with E-state index in [9.17, 15) is 18.0 Å². The van der Waals surface area contributed by atoms with E-state index >= 15 is 0 Å². The van der Waals surface area contributed by atoms with Gasteiger partial charge in [-0.15, -0.1) is 0 Å². The van der Waals surface area contributed by atoms with E-state index in [-0.39, 0.29) is 30.1 Å². The topological polar surface area (TPSA) is 95.0 Å². The van der Waals surface area contributed by atoms with Crippen molar-refractivity contribution in [2.75, 3.05) is 31.1 Å². The van der Waals surface area contributed by atoms with Crippen LogP contribution >= 0.6 is 0 Å². The van der Waals surface area contributed by atoms with Crippen LogP contribution in [0.2, 0.25) is 0 Å². The molecule has 2 aliphatic rings. The molecule has 0 aliphatic carbocycles. The summed E-state index contributed by atoms with van der Waals surface area (Å²) >= 11 is 0. The van der Waals surface area contributed by atoms with E-state index in [0.29, 0.717) is 32.4 Å². The van der Waals surface area contributed by atoms with Gasteiger partial charge in [0.15, 0.2) is 9.84 Å². The van der Waals surface area contributed by atoms with Crippen molar-refractivity contribution in [1.82, 2.24) is 9.80 Å². The van der Waals surface area contributed by atoms with Crippen LogP contribution in [0.1, 0.15) is 26.2 Å². The maximum atomic E-state index is 12.5. The van der Waals surface area contributed by atoms with Gasteiger partial charge in [0, 0.05) is 25.7 Å². The monoisotopic (exact) mass is 318 g/mol. The largest absolute Gasteiger partial charge is 0.481 e. The highest BCUT2D eigenvalue weighted by molar-refractivity contribution is 7.91. The fourth-order valence-corrected chi connectivity index (χ4v) is 4.26. The summed E-state index contributed by atoms with van der Waals surface area (Å²) in [6.07, 6.45) is 1.37. The van der Waals surface area contributed by atoms with Crippen molar-refractivity contribution in [1.29, 1.82) is 0 Å². The fraction of sp³-hybridized carbons (Fsp3) is 0.846. The molecule has 2 saturated heterocycles. The van der Waals surface area contributed by atoms with Crippen molar-refractivity contribution in [3.63, 3.8) is 0 Å². The van der Waals surface area contributed by atoms with Crippen molar-refractivity contribution in [3.05, 3.63) is 0 Å². The quantitative estimate of drug-likeness (QED) is 0.755. The Morgan fingerprint density at radius 1 is 1.14 bits per heavy atom. The number of carboxylic acid groups (broad SMARTS) is 1. The number of hydrogen-bond donors (Lipinski definition) is 1. The Balaban J connectivity index is 1.98. The van der Waals surface area contributed by atoms with Gasteiger partial charge in [0.25, 0.3) is 0 Å². The number of rotatable bonds is 1. The second kappa shape index (κ2) is 6.21. The summed E-state index contributed by atoms with van der Waals surface area (Å²) < 4.78 is 23.2. The molecule has 0 aromatic rings. The van der Waals surface area contributed by atoms with Crippen LogP contribution in [0, 0.1) is 5.92 Å². The third kappa shape index (κ3) is 3.87. The van der Waals surface area contributed by atoms with Crippen molar-refractivity contribution in [2.45, 2.75) is 32.2 Å². The molecule has 2 unspecified atom stereocenters. The van der Waals surface area contributed by atoms with Crippen LogP contribution in [0.4, 0.5) is 4.79 Å². The molecule has 2 fully saturated rings. The molecule has 0 aromatic carbocycles. The first kappa shape index (κ1) is 16.1. The molecule has 0 radical (unpaired) electrons. The van der Waals surface area contributed by atoms with Crippen molar-refractivity contribution in [2.24, 2.45) is 5.92 Å². The fourth-order valence-electron chi connectivity index (χ4n) is 2.99. The van der Waals surface area contributed by atoms with E-state index in [1.54, 1.807) is 9.80 Å². The van der Waals surface area contributed by atoms with Crippen LogP contribution < -0.4 is 0 Å². The minimum absolute atomic E-state index is 0.0126. The number of likely N-dealkylation sites (tertiary alicyclic amines) is 1. The summed E-state index contributed by atoms with van der Waals surface area (Å²) in [5.41, 5.74) is 0. The Morgan fingerprint density at radius 3 is 2.48 bits per heavy atom. The number of carboxylic acids is 1. The highest BCUT2D eigenvalue weighted by Gasteiger charge is 2.34. The number of amides is 2. The Kier molecular flexibility index (Phi) is 4.75. The van der Waals surface area contributed by atoms with Crippen LogP contribution in [-0.2, 0) is 14.6 Å². The van der Waals surface area contributed by atoms with E-state index in [1.807, 2.05) is 6.92 Å². The normalized spacial score (nSPS) is 29.8. The summed E-state index contributed by atoms with van der Waals surface area (Å²) in [7, 11) is -3.04. The average molecular weight is 318 g/mol. The molecule has 2 rings (SSSR count). The molecule has 0 bridgehead atoms. The molecule has 0 aromatic heterocycles. The molecule has 2 amide bonds. The zero-order valence-corrected chi connectivity index (χ0v) is 13.0. The van der Waals surface area contributed by atoms with Crippen LogP contribution in [0.25, 0.3) is 0 Å². The number of carbonyl (C=O) groups excluding carboxylic acids is 1. The van der Waals surface area contributed by atoms with Crippen molar-refractivity contribution >= 4 is 21.8 Å². The summed E-state index contributed by atoms with van der Waals surface area (Å²) in [5.74, 6) is -1.06. The van der Waals surface area contributed by atoms with Crippen molar-refractivity contribution < 1.29 is 23.1 Å². The van der Waals surface area contributed by atoms with Gasteiger partial charge >= 0.3 is 12.0 Å². The molecule has 2 atom stereocenters. The number of hydrogen-bond acceptors (Lipinski definition) is 4. The van der Waals surface area contributed by atoms with Gasteiger partial charge in [0.1, 0.15) is 0 Å². The van der Waals surface area contributed by atoms with Gasteiger partial charge in [-0.1, -0.05) is 0 Å². The molecule has 2 aliphatic heterocycles. The molecule has 1 N–H and O–H groups in total. The van der Waals surface area contributed by atoms with Gasteiger partial charge in [0.05, 0.1) is 17.4 Å². The SMILES string of the molecule is CC1CC(C(=O)O)CCN1C(=O)N1CCCS(=O)(=O)CC1. The van der Waals surface area contributed by atoms with Gasteiger partial charge in [0.2, 0.25) is 0 Å². The maximum absolute atomic E-state index is 12.5. The second-order valence-corrected chi connectivity index (χ2v) is 8.18. The minimum Gasteiger partial charge on any atom is -0.481 e. The summed E-state index contributed by atoms with van der Waals surface area (Å²) in [6.45, 7) is 2.94. The highest BCUT2D eigenvalue weighted by Crippen LogP contribution is 2.24. The number of nitrogens with zero attached hydrogens (tertiary/aromatic N) is 2. The van der Waals surface area contributed by atoms with Crippen LogP contribution in [0.5, 0.6) is 0 Å². The van der Waals surface area contributed by atoms with Gasteiger partial charge in [-0.25, -0.2) is 13.2 Å². The standard InChI is InChI=1S/C13H22N2O5S/c1-10-9-11(12(16)17)3-5-15(10)13(18)14-4-2-7-21(19,20)8-6-14/h10-11H,2-9H2,1H3,(H,16,17). The van der Waals surface area contributed by atoms with Gasteiger partial charge in [-0.2, -0.15) is 0 Å². The number of sulfone groups is 1. The second-order valence-electron chi connectivity index (χ2n) is 5.88. The number of aliphatic carboxylic acids is 1. The lowest BCUT2D eigenvalue weighted by molar-refractivity contribution is -0.143. The molecule has 8 heteroatoms. The number of urea groups is 1. The molecule has 120 valence electrons. The first-order valence-electron chi connectivity index (χ1n) is 7.29. The van der Waals surface area contributed by atoms with Crippen LogP contribution in [0.15, 0.2) is 0 Å². The summed E-state index contributed by atoms with van der Waals surface area (Å²) in [4.78, 5) is 26.8. The molecular weight excluding hydrogens is 296 g/mol. The number of carbonyl (C=O) groups is 2. The Bertz CT molecular complexity index is 519. The summed E-state index contributed by atoms with van der Waals surface area (Å²) in [5, 5.41) is 9.04. The predicted molar refractivity (Wildman–Crippen MR) is 76.8 cm³/mol. The first-order chi connectivity index (χ1) is 9.80. The van der Waals surface area contributed by atoms with E-state index in [2.05, 4.69) is 0 Å². The molecule has 2 heterocycles. The maximum Gasteiger partial charge on any atom is 0.320 e. The predicted octanol–water partition coefficient (Wildman–Crippen LogP) is 0.412. The molecule has 0 spiro atoms. The molecule has 21 heavy (non-hydrogen) atoms. The van der Waals surface area contributed by atoms with Gasteiger partial charge < -0.3 is 14.9 Å². The van der Waals surface area contributed by atoms with Crippen LogP contribution in [0.3, 0.4) is 0 Å². The first-order valence-corrected chi connectivity index (χ1v) is 9.11. The highest BCUT2D eigenvalue weighted by atomic mass is 32.2. The van der Waals surface area contributed by atoms with E-state index < -0.39 is 21.7 Å². The van der Waals surface area contributed by atoms with Crippen molar-refractivity contribution in [3.8, 4) is 0 Å². The lowest BCUT2D eigenvalue weighted by atomic mass is 9.92. The number of piperidine rings is 1. The third-order valence-corrected chi connectivity index (χ3v) is 6.01. The van der Waals surface area contributed by atoms with E-state index in [1.165, 1.54) is 0 Å².